The third-order valence-electron chi connectivity index (χ3n) is 4.15. The molecular formula is C22H30N2O2. The van der Waals surface area contributed by atoms with Gasteiger partial charge < -0.3 is 15.3 Å². The zero-order valence-corrected chi connectivity index (χ0v) is 16.4. The fourth-order valence-corrected chi connectivity index (χ4v) is 2.93. The molecule has 0 aliphatic carbocycles. The van der Waals surface area contributed by atoms with Gasteiger partial charge in [-0.25, -0.2) is 4.79 Å². The van der Waals surface area contributed by atoms with Gasteiger partial charge in [0.2, 0.25) is 0 Å². The Bertz CT molecular complexity index is 736. The Morgan fingerprint density at radius 2 is 1.77 bits per heavy atom. The molecule has 2 aromatic carbocycles. The third kappa shape index (κ3) is 5.88. The van der Waals surface area contributed by atoms with Crippen LogP contribution in [-0.4, -0.2) is 29.1 Å². The first-order valence-corrected chi connectivity index (χ1v) is 9.02. The molecule has 0 heterocycles. The van der Waals surface area contributed by atoms with E-state index in [1.54, 1.807) is 4.90 Å². The zero-order valence-electron chi connectivity index (χ0n) is 16.4. The van der Waals surface area contributed by atoms with Crippen molar-refractivity contribution in [1.29, 1.82) is 0 Å². The highest BCUT2D eigenvalue weighted by atomic mass is 16.3. The van der Waals surface area contributed by atoms with E-state index >= 15 is 0 Å². The van der Waals surface area contributed by atoms with Crippen LogP contribution < -0.4 is 5.32 Å². The van der Waals surface area contributed by atoms with Crippen molar-refractivity contribution in [2.75, 3.05) is 18.4 Å². The van der Waals surface area contributed by atoms with Crippen LogP contribution in [0.3, 0.4) is 0 Å². The van der Waals surface area contributed by atoms with Crippen LogP contribution in [0.25, 0.3) is 0 Å². The van der Waals surface area contributed by atoms with E-state index in [-0.39, 0.29) is 18.0 Å². The van der Waals surface area contributed by atoms with Crippen molar-refractivity contribution in [2.24, 2.45) is 5.41 Å². The molecule has 0 aliphatic heterocycles. The van der Waals surface area contributed by atoms with Crippen LogP contribution in [0.4, 0.5) is 10.5 Å². The number of anilines is 1. The van der Waals surface area contributed by atoms with Gasteiger partial charge in [0.1, 0.15) is 0 Å². The topological polar surface area (TPSA) is 52.6 Å². The Labute approximate surface area is 156 Å². The molecule has 2 N–H and O–H groups in total. The van der Waals surface area contributed by atoms with Crippen molar-refractivity contribution in [3.8, 4) is 0 Å². The van der Waals surface area contributed by atoms with Crippen LogP contribution in [0.1, 0.15) is 43.6 Å². The predicted molar refractivity (Wildman–Crippen MR) is 107 cm³/mol. The summed E-state index contributed by atoms with van der Waals surface area (Å²) in [5.41, 5.74) is 3.72. The number of carbonyl (C=O) groups excluding carboxylic acids is 1. The van der Waals surface area contributed by atoms with Gasteiger partial charge in [-0.1, -0.05) is 68.8 Å². The van der Waals surface area contributed by atoms with Crippen LogP contribution in [0, 0.1) is 19.3 Å². The van der Waals surface area contributed by atoms with Gasteiger partial charge in [0.25, 0.3) is 0 Å². The van der Waals surface area contributed by atoms with E-state index in [0.29, 0.717) is 6.54 Å². The van der Waals surface area contributed by atoms with Crippen molar-refractivity contribution >= 4 is 11.7 Å². The molecule has 140 valence electrons. The molecule has 0 spiro atoms. The van der Waals surface area contributed by atoms with Crippen molar-refractivity contribution in [3.05, 3.63) is 65.2 Å². The average Bonchev–Trinajstić information content (AvgIpc) is 2.56. The predicted octanol–water partition coefficient (Wildman–Crippen LogP) is 4.92. The molecule has 1 atom stereocenters. The van der Waals surface area contributed by atoms with Crippen molar-refractivity contribution in [3.63, 3.8) is 0 Å². The van der Waals surface area contributed by atoms with Gasteiger partial charge in [-0.05, 0) is 36.5 Å². The maximum absolute atomic E-state index is 12.9. The first-order valence-electron chi connectivity index (χ1n) is 9.02. The third-order valence-corrected chi connectivity index (χ3v) is 4.15. The average molecular weight is 354 g/mol. The number of rotatable bonds is 5. The molecule has 0 bridgehead atoms. The second-order valence-electron chi connectivity index (χ2n) is 8.12. The summed E-state index contributed by atoms with van der Waals surface area (Å²) in [4.78, 5) is 14.6. The van der Waals surface area contributed by atoms with Crippen LogP contribution in [0.5, 0.6) is 0 Å². The molecule has 2 aromatic rings. The summed E-state index contributed by atoms with van der Waals surface area (Å²) in [6, 6.07) is 15.2. The van der Waals surface area contributed by atoms with Gasteiger partial charge in [-0.15, -0.1) is 0 Å². The van der Waals surface area contributed by atoms with Gasteiger partial charge in [-0.3, -0.25) is 0 Å². The lowest BCUT2D eigenvalue weighted by Crippen LogP contribution is -2.42. The summed E-state index contributed by atoms with van der Waals surface area (Å²) >= 11 is 0. The Kier molecular flexibility index (Phi) is 6.43. The van der Waals surface area contributed by atoms with Crippen molar-refractivity contribution in [2.45, 2.75) is 40.7 Å². The number of aryl methyl sites for hydroxylation is 2. The van der Waals surface area contributed by atoms with E-state index in [4.69, 9.17) is 0 Å². The maximum Gasteiger partial charge on any atom is 0.321 e. The second kappa shape index (κ2) is 8.37. The largest absolute Gasteiger partial charge is 0.387 e. The maximum atomic E-state index is 12.9. The van der Waals surface area contributed by atoms with Gasteiger partial charge >= 0.3 is 6.03 Å². The number of hydrogen-bond donors (Lipinski definition) is 2. The standard InChI is InChI=1S/C22H30N2O2/c1-16-11-12-19(17(2)13-16)23-21(26)24(15-22(3,4)5)14-20(25)18-9-7-6-8-10-18/h6-13,20,25H,14-15H2,1-5H3,(H,23,26)/t20-/m0/s1. The van der Waals surface area contributed by atoms with E-state index in [1.165, 1.54) is 0 Å². The molecule has 0 aromatic heterocycles. The quantitative estimate of drug-likeness (QED) is 0.801. The molecule has 26 heavy (non-hydrogen) atoms. The van der Waals surface area contributed by atoms with Crippen LogP contribution >= 0.6 is 0 Å². The van der Waals surface area contributed by atoms with E-state index < -0.39 is 6.10 Å². The fourth-order valence-electron chi connectivity index (χ4n) is 2.93. The van der Waals surface area contributed by atoms with E-state index in [2.05, 4.69) is 26.1 Å². The molecule has 0 saturated heterocycles. The first kappa shape index (κ1) is 20.0. The minimum Gasteiger partial charge on any atom is -0.387 e. The summed E-state index contributed by atoms with van der Waals surface area (Å²) in [5.74, 6) is 0. The Morgan fingerprint density at radius 1 is 1.12 bits per heavy atom. The SMILES string of the molecule is Cc1ccc(NC(=O)N(C[C@H](O)c2ccccc2)CC(C)(C)C)c(C)c1. The molecule has 4 nitrogen and oxygen atoms in total. The van der Waals surface area contributed by atoms with Crippen LogP contribution in [-0.2, 0) is 0 Å². The second-order valence-corrected chi connectivity index (χ2v) is 8.12. The van der Waals surface area contributed by atoms with Crippen LogP contribution in [0.2, 0.25) is 0 Å². The lowest BCUT2D eigenvalue weighted by Gasteiger charge is -2.32. The number of nitrogens with one attached hydrogen (secondary N) is 1. The Hall–Kier alpha value is -2.33. The lowest BCUT2D eigenvalue weighted by atomic mass is 9.95. The summed E-state index contributed by atoms with van der Waals surface area (Å²) in [5, 5.41) is 13.6. The number of amides is 2. The summed E-state index contributed by atoms with van der Waals surface area (Å²) in [6.07, 6.45) is -0.719. The summed E-state index contributed by atoms with van der Waals surface area (Å²) in [7, 11) is 0. The highest BCUT2D eigenvalue weighted by Gasteiger charge is 2.24. The lowest BCUT2D eigenvalue weighted by molar-refractivity contribution is 0.110. The van der Waals surface area contributed by atoms with E-state index in [9.17, 15) is 9.90 Å². The highest BCUT2D eigenvalue weighted by molar-refractivity contribution is 5.90. The van der Waals surface area contributed by atoms with Gasteiger partial charge in [0.05, 0.1) is 12.6 Å². The summed E-state index contributed by atoms with van der Waals surface area (Å²) < 4.78 is 0. The highest BCUT2D eigenvalue weighted by Crippen LogP contribution is 2.22. The number of aliphatic hydroxyl groups is 1. The minimum atomic E-state index is -0.719. The van der Waals surface area contributed by atoms with Crippen molar-refractivity contribution < 1.29 is 9.90 Å². The Morgan fingerprint density at radius 3 is 2.35 bits per heavy atom. The molecular weight excluding hydrogens is 324 g/mol. The molecule has 2 amide bonds. The van der Waals surface area contributed by atoms with Crippen molar-refractivity contribution in [1.82, 2.24) is 4.90 Å². The van der Waals surface area contributed by atoms with Gasteiger partial charge in [-0.2, -0.15) is 0 Å². The number of benzene rings is 2. The molecule has 0 aliphatic rings. The fraction of sp³-hybridized carbons (Fsp3) is 0.409. The number of urea groups is 1. The molecule has 0 radical (unpaired) electrons. The van der Waals surface area contributed by atoms with Crippen LogP contribution in [0.15, 0.2) is 48.5 Å². The molecule has 0 saturated carbocycles. The molecule has 0 fully saturated rings. The van der Waals surface area contributed by atoms with E-state index in [1.807, 2.05) is 62.4 Å². The number of hydrogen-bond acceptors (Lipinski definition) is 2. The normalized spacial score (nSPS) is 12.5. The monoisotopic (exact) mass is 354 g/mol. The van der Waals surface area contributed by atoms with Gasteiger partial charge in [0.15, 0.2) is 0 Å². The summed E-state index contributed by atoms with van der Waals surface area (Å²) in [6.45, 7) is 11.1. The minimum absolute atomic E-state index is 0.0733. The number of nitrogens with zero attached hydrogens (tertiary/aromatic N) is 1. The molecule has 2 rings (SSSR count). The molecule has 0 unspecified atom stereocenters. The van der Waals surface area contributed by atoms with E-state index in [0.717, 1.165) is 22.4 Å². The zero-order chi connectivity index (χ0) is 19.3. The first-order chi connectivity index (χ1) is 12.2. The Balaban J connectivity index is 2.16. The smallest absolute Gasteiger partial charge is 0.321 e. The number of carbonyl (C=O) groups is 1. The number of aliphatic hydroxyl groups excluding tert-OH is 1. The van der Waals surface area contributed by atoms with Gasteiger partial charge in [0, 0.05) is 12.2 Å². The molecule has 4 heteroatoms.